The van der Waals surface area contributed by atoms with Gasteiger partial charge in [0.2, 0.25) is 0 Å². The number of hydrogen-bond acceptors (Lipinski definition) is 1. The highest BCUT2D eigenvalue weighted by atomic mass is 16.3. The largest absolute Gasteiger partial charge is 0.396 e. The van der Waals surface area contributed by atoms with Crippen LogP contribution >= 0.6 is 0 Å². The van der Waals surface area contributed by atoms with Crippen LogP contribution in [0.15, 0.2) is 12.2 Å². The monoisotopic (exact) mass is 310 g/mol. The van der Waals surface area contributed by atoms with E-state index in [4.69, 9.17) is 5.11 Å². The normalized spacial score (nSPS) is 13.3. The molecule has 0 bridgehead atoms. The summed E-state index contributed by atoms with van der Waals surface area (Å²) in [6.45, 7) is 7.08. The van der Waals surface area contributed by atoms with Gasteiger partial charge in [-0.1, -0.05) is 97.1 Å². The van der Waals surface area contributed by atoms with E-state index in [1.165, 1.54) is 77.0 Å². The highest BCUT2D eigenvalue weighted by Gasteiger charge is 2.07. The molecule has 1 N–H and O–H groups in total. The van der Waals surface area contributed by atoms with Crippen molar-refractivity contribution in [3.8, 4) is 0 Å². The second-order valence-electron chi connectivity index (χ2n) is 7.17. The summed E-state index contributed by atoms with van der Waals surface area (Å²) in [6.07, 6.45) is 22.3. The molecule has 0 rings (SSSR count). The zero-order valence-electron chi connectivity index (χ0n) is 15.7. The Kier molecular flexibility index (Phi) is 16.8. The van der Waals surface area contributed by atoms with Gasteiger partial charge in [-0.2, -0.15) is 0 Å². The van der Waals surface area contributed by atoms with Crippen molar-refractivity contribution in [1.82, 2.24) is 0 Å². The van der Waals surface area contributed by atoms with Gasteiger partial charge in [-0.05, 0) is 31.1 Å². The average molecular weight is 311 g/mol. The van der Waals surface area contributed by atoms with E-state index >= 15 is 0 Å². The summed E-state index contributed by atoms with van der Waals surface area (Å²) in [5.74, 6) is 1.19. The summed E-state index contributed by atoms with van der Waals surface area (Å²) in [6, 6.07) is 0. The van der Waals surface area contributed by atoms with Gasteiger partial charge in [0.1, 0.15) is 0 Å². The standard InChI is InChI=1S/C21H42O/c1-4-5-6-7-8-9-10-11-12-13-14-15-16-17-21(18-19-22)20(2)3/h16-17,20-22H,4-15,18-19H2,1-3H3/b17-16+. The molecule has 22 heavy (non-hydrogen) atoms. The molecule has 0 spiro atoms. The van der Waals surface area contributed by atoms with E-state index in [9.17, 15) is 0 Å². The summed E-state index contributed by atoms with van der Waals surface area (Å²) in [5.41, 5.74) is 0. The van der Waals surface area contributed by atoms with Crippen LogP contribution < -0.4 is 0 Å². The van der Waals surface area contributed by atoms with Crippen molar-refractivity contribution in [2.45, 2.75) is 104 Å². The van der Waals surface area contributed by atoms with E-state index in [1.54, 1.807) is 0 Å². The highest BCUT2D eigenvalue weighted by molar-refractivity contribution is 4.89. The highest BCUT2D eigenvalue weighted by Crippen LogP contribution is 2.17. The molecule has 0 aromatic rings. The number of aliphatic hydroxyl groups excluding tert-OH is 1. The molecule has 0 aromatic heterocycles. The second kappa shape index (κ2) is 17.1. The van der Waals surface area contributed by atoms with Crippen LogP contribution in [0.5, 0.6) is 0 Å². The molecule has 0 heterocycles. The first kappa shape index (κ1) is 21.7. The third-order valence-corrected chi connectivity index (χ3v) is 4.68. The van der Waals surface area contributed by atoms with Crippen molar-refractivity contribution in [3.63, 3.8) is 0 Å². The van der Waals surface area contributed by atoms with Gasteiger partial charge in [-0.3, -0.25) is 0 Å². The lowest BCUT2D eigenvalue weighted by molar-refractivity contribution is 0.252. The maximum absolute atomic E-state index is 9.06. The molecule has 0 aromatic carbocycles. The molecule has 0 aliphatic carbocycles. The molecule has 0 fully saturated rings. The van der Waals surface area contributed by atoms with Gasteiger partial charge >= 0.3 is 0 Å². The zero-order valence-corrected chi connectivity index (χ0v) is 15.7. The molecule has 0 saturated carbocycles. The van der Waals surface area contributed by atoms with Crippen LogP contribution in [-0.2, 0) is 0 Å². The van der Waals surface area contributed by atoms with Gasteiger partial charge in [0.25, 0.3) is 0 Å². The zero-order chi connectivity index (χ0) is 16.5. The molecule has 1 unspecified atom stereocenters. The summed E-state index contributed by atoms with van der Waals surface area (Å²) >= 11 is 0. The van der Waals surface area contributed by atoms with E-state index in [0.29, 0.717) is 18.4 Å². The molecule has 0 radical (unpaired) electrons. The fraction of sp³-hybridized carbons (Fsp3) is 0.905. The van der Waals surface area contributed by atoms with E-state index in [2.05, 4.69) is 32.9 Å². The number of allylic oxidation sites excluding steroid dienone is 2. The van der Waals surface area contributed by atoms with Crippen molar-refractivity contribution in [1.29, 1.82) is 0 Å². The summed E-state index contributed by atoms with van der Waals surface area (Å²) in [7, 11) is 0. The Morgan fingerprint density at radius 2 is 1.27 bits per heavy atom. The minimum Gasteiger partial charge on any atom is -0.396 e. The molecule has 0 saturated heterocycles. The predicted octanol–water partition coefficient (Wildman–Crippen LogP) is 6.90. The Balaban J connectivity index is 3.32. The van der Waals surface area contributed by atoms with E-state index in [1.807, 2.05) is 0 Å². The van der Waals surface area contributed by atoms with Crippen molar-refractivity contribution < 1.29 is 5.11 Å². The van der Waals surface area contributed by atoms with Crippen LogP contribution in [0.4, 0.5) is 0 Å². The molecule has 1 heteroatoms. The van der Waals surface area contributed by atoms with E-state index < -0.39 is 0 Å². The average Bonchev–Trinajstić information content (AvgIpc) is 2.50. The van der Waals surface area contributed by atoms with Crippen LogP contribution in [0.2, 0.25) is 0 Å². The predicted molar refractivity (Wildman–Crippen MR) is 100 cm³/mol. The lowest BCUT2D eigenvalue weighted by atomic mass is 9.92. The molecule has 132 valence electrons. The maximum Gasteiger partial charge on any atom is 0.0436 e. The molecule has 0 amide bonds. The smallest absolute Gasteiger partial charge is 0.0436 e. The van der Waals surface area contributed by atoms with Gasteiger partial charge in [0.05, 0.1) is 0 Å². The van der Waals surface area contributed by atoms with Crippen LogP contribution in [-0.4, -0.2) is 11.7 Å². The number of aliphatic hydroxyl groups is 1. The van der Waals surface area contributed by atoms with Gasteiger partial charge in [0, 0.05) is 6.61 Å². The van der Waals surface area contributed by atoms with Gasteiger partial charge in [-0.25, -0.2) is 0 Å². The number of unbranched alkanes of at least 4 members (excludes halogenated alkanes) is 11. The van der Waals surface area contributed by atoms with Crippen LogP contribution in [0.1, 0.15) is 104 Å². The number of hydrogen-bond donors (Lipinski definition) is 1. The minimum absolute atomic E-state index is 0.311. The lowest BCUT2D eigenvalue weighted by Crippen LogP contribution is -2.07. The first-order valence-electron chi connectivity index (χ1n) is 9.99. The molecular weight excluding hydrogens is 268 g/mol. The molecule has 1 nitrogen and oxygen atoms in total. The number of rotatable bonds is 16. The summed E-state index contributed by atoms with van der Waals surface area (Å²) in [4.78, 5) is 0. The van der Waals surface area contributed by atoms with Crippen LogP contribution in [0.3, 0.4) is 0 Å². The Morgan fingerprint density at radius 1 is 0.773 bits per heavy atom. The fourth-order valence-corrected chi connectivity index (χ4v) is 3.00. The first-order valence-corrected chi connectivity index (χ1v) is 9.99. The second-order valence-corrected chi connectivity index (χ2v) is 7.17. The summed E-state index contributed by atoms with van der Waals surface area (Å²) in [5, 5.41) is 9.06. The Hall–Kier alpha value is -0.300. The molecular formula is C21H42O. The van der Waals surface area contributed by atoms with Crippen molar-refractivity contribution in [3.05, 3.63) is 12.2 Å². The lowest BCUT2D eigenvalue weighted by Gasteiger charge is -2.15. The quantitative estimate of drug-likeness (QED) is 0.243. The SMILES string of the molecule is CCCCCCCCCCCCC/C=C/C(CCO)C(C)C. The van der Waals surface area contributed by atoms with Gasteiger partial charge in [0.15, 0.2) is 0 Å². The van der Waals surface area contributed by atoms with Crippen molar-refractivity contribution in [2.24, 2.45) is 11.8 Å². The fourth-order valence-electron chi connectivity index (χ4n) is 3.00. The Morgan fingerprint density at radius 3 is 1.73 bits per heavy atom. The maximum atomic E-state index is 9.06. The van der Waals surface area contributed by atoms with Crippen molar-refractivity contribution >= 4 is 0 Å². The third kappa shape index (κ3) is 14.6. The van der Waals surface area contributed by atoms with Gasteiger partial charge < -0.3 is 5.11 Å². The van der Waals surface area contributed by atoms with Crippen LogP contribution in [0.25, 0.3) is 0 Å². The minimum atomic E-state index is 0.311. The molecule has 0 aliphatic heterocycles. The van der Waals surface area contributed by atoms with Crippen LogP contribution in [0, 0.1) is 11.8 Å². The Labute approximate surface area is 140 Å². The Bertz CT molecular complexity index is 232. The van der Waals surface area contributed by atoms with E-state index in [0.717, 1.165) is 6.42 Å². The van der Waals surface area contributed by atoms with Crippen molar-refractivity contribution in [2.75, 3.05) is 6.61 Å². The third-order valence-electron chi connectivity index (χ3n) is 4.68. The van der Waals surface area contributed by atoms with E-state index in [-0.39, 0.29) is 0 Å². The van der Waals surface area contributed by atoms with Gasteiger partial charge in [-0.15, -0.1) is 0 Å². The first-order chi connectivity index (χ1) is 10.7. The molecule has 0 aliphatic rings. The topological polar surface area (TPSA) is 20.2 Å². The molecule has 1 atom stereocenters. The summed E-state index contributed by atoms with van der Waals surface area (Å²) < 4.78 is 0.